The van der Waals surface area contributed by atoms with Crippen LogP contribution in [-0.4, -0.2) is 68.0 Å². The van der Waals surface area contributed by atoms with Crippen molar-refractivity contribution in [3.8, 4) is 5.75 Å². The summed E-state index contributed by atoms with van der Waals surface area (Å²) in [6.07, 6.45) is 4.53. The average molecular weight is 441 g/mol. The maximum atomic E-state index is 12.9. The molecular weight excluding hydrogens is 404 g/mol. The van der Waals surface area contributed by atoms with E-state index in [0.717, 1.165) is 51.2 Å². The summed E-state index contributed by atoms with van der Waals surface area (Å²) in [4.78, 5) is 17.6. The summed E-state index contributed by atoms with van der Waals surface area (Å²) in [5, 5.41) is 11.6. The molecule has 5 rings (SSSR count). The minimum atomic E-state index is -0.530. The fourth-order valence-corrected chi connectivity index (χ4v) is 6.55. The predicted molar refractivity (Wildman–Crippen MR) is 124 cm³/mol. The lowest BCUT2D eigenvalue weighted by Crippen LogP contribution is -2.55. The Morgan fingerprint density at radius 2 is 2.03 bits per heavy atom. The Balaban J connectivity index is 1.26. The van der Waals surface area contributed by atoms with Crippen LogP contribution in [0.3, 0.4) is 0 Å². The van der Waals surface area contributed by atoms with Gasteiger partial charge in [-0.15, -0.1) is 0 Å². The molecule has 3 fully saturated rings. The van der Waals surface area contributed by atoms with Gasteiger partial charge in [-0.1, -0.05) is 31.6 Å². The third-order valence-electron chi connectivity index (χ3n) is 8.82. The number of hydrogen-bond acceptors (Lipinski definition) is 6. The van der Waals surface area contributed by atoms with Crippen molar-refractivity contribution < 1.29 is 19.4 Å². The zero-order valence-corrected chi connectivity index (χ0v) is 19.5. The highest BCUT2D eigenvalue weighted by Crippen LogP contribution is 2.56. The number of esters is 1. The van der Waals surface area contributed by atoms with E-state index in [0.29, 0.717) is 12.5 Å². The van der Waals surface area contributed by atoms with Crippen LogP contribution in [0.25, 0.3) is 0 Å². The molecule has 174 valence electrons. The number of hydrogen-bond donors (Lipinski definition) is 1. The summed E-state index contributed by atoms with van der Waals surface area (Å²) in [5.74, 6) is 0.813. The summed E-state index contributed by atoms with van der Waals surface area (Å²) in [6, 6.07) is 8.18. The van der Waals surface area contributed by atoms with E-state index < -0.39 is 6.10 Å². The molecule has 6 nitrogen and oxygen atoms in total. The quantitative estimate of drug-likeness (QED) is 0.574. The fraction of sp³-hybridized carbons (Fsp3) is 0.654. The standard InChI is InChI=1S/C26H36N2O4/c1-17-6-4-7-18-14-22-23(24(29)26(17,18)2)21(25(30)32-22)16-27-10-12-28(13-11-27)19-8-5-9-20(15-19)31-3/h5,7-9,15,17,21-24,29H,4,6,10-14,16H2,1-3H3/t17-,21+,22-,23-,24-,26-/m1/s1. The van der Waals surface area contributed by atoms with Gasteiger partial charge >= 0.3 is 5.97 Å². The minimum Gasteiger partial charge on any atom is -0.497 e. The van der Waals surface area contributed by atoms with E-state index in [4.69, 9.17) is 9.47 Å². The number of benzene rings is 1. The molecule has 0 unspecified atom stereocenters. The van der Waals surface area contributed by atoms with Crippen molar-refractivity contribution in [2.75, 3.05) is 44.7 Å². The zero-order chi connectivity index (χ0) is 22.5. The average Bonchev–Trinajstić information content (AvgIpc) is 3.11. The molecule has 0 aromatic heterocycles. The number of fused-ring (bicyclic) bond motifs is 2. The van der Waals surface area contributed by atoms with Crippen molar-refractivity contribution in [2.45, 2.75) is 45.3 Å². The molecule has 6 atom stereocenters. The van der Waals surface area contributed by atoms with Crippen molar-refractivity contribution in [1.82, 2.24) is 4.90 Å². The number of ether oxygens (including phenoxy) is 2. The number of carbonyl (C=O) groups excluding carboxylic acids is 1. The largest absolute Gasteiger partial charge is 0.497 e. The maximum Gasteiger partial charge on any atom is 0.311 e. The topological polar surface area (TPSA) is 62.2 Å². The highest BCUT2D eigenvalue weighted by Gasteiger charge is 2.59. The van der Waals surface area contributed by atoms with Crippen LogP contribution >= 0.6 is 0 Å². The van der Waals surface area contributed by atoms with Crippen molar-refractivity contribution in [1.29, 1.82) is 0 Å². The van der Waals surface area contributed by atoms with Gasteiger partial charge in [-0.3, -0.25) is 9.69 Å². The fourth-order valence-electron chi connectivity index (χ4n) is 6.55. The molecule has 0 amide bonds. The summed E-state index contributed by atoms with van der Waals surface area (Å²) in [5.41, 5.74) is 2.23. The van der Waals surface area contributed by atoms with Crippen LogP contribution in [0.15, 0.2) is 35.9 Å². The number of allylic oxidation sites excluding steroid dienone is 1. The second-order valence-corrected chi connectivity index (χ2v) is 10.3. The molecule has 6 heteroatoms. The molecular formula is C26H36N2O4. The molecule has 2 aliphatic carbocycles. The Labute approximate surface area is 191 Å². The van der Waals surface area contributed by atoms with Crippen LogP contribution in [0.5, 0.6) is 5.75 Å². The molecule has 1 N–H and O–H groups in total. The third kappa shape index (κ3) is 3.52. The van der Waals surface area contributed by atoms with Gasteiger partial charge in [-0.05, 0) is 30.9 Å². The lowest BCUT2D eigenvalue weighted by molar-refractivity contribution is -0.145. The first-order valence-electron chi connectivity index (χ1n) is 12.1. The van der Waals surface area contributed by atoms with Crippen molar-refractivity contribution >= 4 is 11.7 Å². The SMILES string of the molecule is COc1cccc(N2CCN(C[C@@H]3C(=O)O[C@@H]4CC5=CCC[C@@H](C)[C@@]5(C)[C@H](O)[C@H]34)CC2)c1. The number of rotatable bonds is 4. The van der Waals surface area contributed by atoms with Crippen LogP contribution in [0.2, 0.25) is 0 Å². The second-order valence-electron chi connectivity index (χ2n) is 10.3. The number of carbonyl (C=O) groups is 1. The van der Waals surface area contributed by atoms with E-state index in [1.807, 2.05) is 12.1 Å². The van der Waals surface area contributed by atoms with Gasteiger partial charge in [-0.25, -0.2) is 0 Å². The zero-order valence-electron chi connectivity index (χ0n) is 19.5. The Hall–Kier alpha value is -2.05. The summed E-state index contributed by atoms with van der Waals surface area (Å²) >= 11 is 0. The Bertz CT molecular complexity index is 894. The first-order chi connectivity index (χ1) is 15.4. The predicted octanol–water partition coefficient (Wildman–Crippen LogP) is 3.10. The van der Waals surface area contributed by atoms with Gasteiger partial charge in [0.2, 0.25) is 0 Å². The Morgan fingerprint density at radius 1 is 1.25 bits per heavy atom. The summed E-state index contributed by atoms with van der Waals surface area (Å²) < 4.78 is 11.2. The van der Waals surface area contributed by atoms with E-state index in [9.17, 15) is 9.90 Å². The first kappa shape index (κ1) is 21.8. The van der Waals surface area contributed by atoms with Gasteiger partial charge in [0.25, 0.3) is 0 Å². The van der Waals surface area contributed by atoms with Gasteiger partial charge in [0.05, 0.1) is 19.1 Å². The van der Waals surface area contributed by atoms with Gasteiger partial charge < -0.3 is 19.5 Å². The molecule has 2 saturated heterocycles. The summed E-state index contributed by atoms with van der Waals surface area (Å²) in [7, 11) is 1.69. The molecule has 1 saturated carbocycles. The second kappa shape index (κ2) is 8.38. The number of methoxy groups -OCH3 is 1. The minimum absolute atomic E-state index is 0.110. The number of nitrogens with zero attached hydrogens (tertiary/aromatic N) is 2. The monoisotopic (exact) mass is 440 g/mol. The number of anilines is 1. The number of aliphatic hydroxyl groups excluding tert-OH is 1. The molecule has 0 radical (unpaired) electrons. The van der Waals surface area contributed by atoms with E-state index in [1.54, 1.807) is 7.11 Å². The van der Waals surface area contributed by atoms with E-state index in [-0.39, 0.29) is 29.3 Å². The van der Waals surface area contributed by atoms with Crippen LogP contribution in [0.4, 0.5) is 5.69 Å². The first-order valence-corrected chi connectivity index (χ1v) is 12.1. The van der Waals surface area contributed by atoms with Crippen LogP contribution in [-0.2, 0) is 9.53 Å². The van der Waals surface area contributed by atoms with E-state index in [2.05, 4.69) is 41.9 Å². The molecule has 1 aromatic carbocycles. The number of aliphatic hydroxyl groups is 1. The highest BCUT2D eigenvalue weighted by atomic mass is 16.6. The van der Waals surface area contributed by atoms with Crippen LogP contribution in [0, 0.1) is 23.2 Å². The number of piperazine rings is 1. The highest BCUT2D eigenvalue weighted by molar-refractivity contribution is 5.76. The normalized spacial score (nSPS) is 37.4. The maximum absolute atomic E-state index is 12.9. The van der Waals surface area contributed by atoms with Crippen molar-refractivity contribution in [3.05, 3.63) is 35.9 Å². The van der Waals surface area contributed by atoms with Gasteiger partial charge in [-0.2, -0.15) is 0 Å². The smallest absolute Gasteiger partial charge is 0.311 e. The summed E-state index contributed by atoms with van der Waals surface area (Å²) in [6.45, 7) is 8.74. The third-order valence-corrected chi connectivity index (χ3v) is 8.82. The van der Waals surface area contributed by atoms with Crippen molar-refractivity contribution in [3.63, 3.8) is 0 Å². The molecule has 0 bridgehead atoms. The van der Waals surface area contributed by atoms with Gasteiger partial charge in [0.1, 0.15) is 11.9 Å². The van der Waals surface area contributed by atoms with E-state index in [1.165, 1.54) is 11.3 Å². The Kier molecular flexibility index (Phi) is 5.70. The van der Waals surface area contributed by atoms with Crippen LogP contribution in [0.1, 0.15) is 33.1 Å². The molecule has 1 aromatic rings. The molecule has 32 heavy (non-hydrogen) atoms. The molecule has 0 spiro atoms. The molecule has 2 heterocycles. The van der Waals surface area contributed by atoms with E-state index >= 15 is 0 Å². The van der Waals surface area contributed by atoms with Crippen molar-refractivity contribution in [2.24, 2.45) is 23.2 Å². The molecule has 4 aliphatic rings. The van der Waals surface area contributed by atoms with Crippen LogP contribution < -0.4 is 9.64 Å². The molecule has 2 aliphatic heterocycles. The lowest BCUT2D eigenvalue weighted by atomic mass is 9.55. The lowest BCUT2D eigenvalue weighted by Gasteiger charge is -2.52. The van der Waals surface area contributed by atoms with Gasteiger partial charge in [0, 0.05) is 62.2 Å². The van der Waals surface area contributed by atoms with Gasteiger partial charge in [0.15, 0.2) is 0 Å². The Morgan fingerprint density at radius 3 is 2.78 bits per heavy atom.